The Labute approximate surface area is 235 Å². The van der Waals surface area contributed by atoms with Gasteiger partial charge in [-0.15, -0.1) is 23.2 Å². The van der Waals surface area contributed by atoms with Crippen molar-refractivity contribution >= 4 is 52.7 Å². The minimum absolute atomic E-state index is 0.119. The van der Waals surface area contributed by atoms with Gasteiger partial charge in [-0.1, -0.05) is 37.3 Å². The molecular formula is C25H33Cl2N5O7. The predicted molar refractivity (Wildman–Crippen MR) is 142 cm³/mol. The second-order valence-corrected chi connectivity index (χ2v) is 10.6. The summed E-state index contributed by atoms with van der Waals surface area (Å²) in [5, 5.41) is 28.5. The van der Waals surface area contributed by atoms with E-state index in [-0.39, 0.29) is 19.4 Å². The third-order valence-corrected chi connectivity index (χ3v) is 7.82. The molecule has 2 aliphatic heterocycles. The second-order valence-electron chi connectivity index (χ2n) is 9.57. The Hall–Kier alpha value is -2.93. The molecule has 0 radical (unpaired) electrons. The van der Waals surface area contributed by atoms with Crippen LogP contribution in [0.15, 0.2) is 30.3 Å². The first-order chi connectivity index (χ1) is 18.5. The van der Waals surface area contributed by atoms with Gasteiger partial charge in [-0.05, 0) is 18.9 Å². The predicted octanol–water partition coefficient (Wildman–Crippen LogP) is -1.09. The highest BCUT2D eigenvalue weighted by molar-refractivity contribution is 6.32. The summed E-state index contributed by atoms with van der Waals surface area (Å²) in [6.45, 7) is 2.05. The smallest absolute Gasteiger partial charge is 0.248 e. The summed E-state index contributed by atoms with van der Waals surface area (Å²) in [6.07, 6.45) is -1.57. The molecule has 1 aromatic carbocycles. The maximum atomic E-state index is 13.5. The third kappa shape index (κ3) is 7.18. The van der Waals surface area contributed by atoms with Gasteiger partial charge < -0.3 is 36.4 Å². The molecule has 6 N–H and O–H groups in total. The number of hydrogen-bond acceptors (Lipinski definition) is 7. The van der Waals surface area contributed by atoms with Gasteiger partial charge in [0, 0.05) is 6.54 Å². The zero-order valence-electron chi connectivity index (χ0n) is 21.5. The minimum atomic E-state index is -1.45. The largest absolute Gasteiger partial charge is 0.394 e. The highest BCUT2D eigenvalue weighted by Gasteiger charge is 2.49. The molecule has 2 heterocycles. The molecule has 0 saturated carbocycles. The Bertz CT molecular complexity index is 1080. The molecule has 39 heavy (non-hydrogen) atoms. The Morgan fingerprint density at radius 2 is 1.56 bits per heavy atom. The molecule has 0 aliphatic carbocycles. The second kappa shape index (κ2) is 13.4. The average molecular weight is 586 g/mol. The molecule has 14 heteroatoms. The van der Waals surface area contributed by atoms with Crippen molar-refractivity contribution in [3.8, 4) is 0 Å². The number of nitrogens with zero attached hydrogens (tertiary/aromatic N) is 1. The van der Waals surface area contributed by atoms with Gasteiger partial charge in [0.2, 0.25) is 29.5 Å². The monoisotopic (exact) mass is 585 g/mol. The van der Waals surface area contributed by atoms with E-state index in [4.69, 9.17) is 23.2 Å². The summed E-state index contributed by atoms with van der Waals surface area (Å²) in [5.41, 5.74) is 0.554. The molecule has 2 saturated heterocycles. The quantitative estimate of drug-likeness (QED) is 0.243. The Balaban J connectivity index is 2.03. The number of fused-ring (bicyclic) bond motifs is 1. The Morgan fingerprint density at radius 3 is 2.15 bits per heavy atom. The molecule has 2 fully saturated rings. The molecule has 0 aromatic heterocycles. The van der Waals surface area contributed by atoms with Crippen molar-refractivity contribution < 1.29 is 34.2 Å². The van der Waals surface area contributed by atoms with Gasteiger partial charge in [-0.3, -0.25) is 24.0 Å². The van der Waals surface area contributed by atoms with Crippen molar-refractivity contribution in [1.82, 2.24) is 26.2 Å². The lowest BCUT2D eigenvalue weighted by molar-refractivity contribution is -0.144. The van der Waals surface area contributed by atoms with E-state index in [2.05, 4.69) is 21.3 Å². The van der Waals surface area contributed by atoms with Crippen LogP contribution in [0.25, 0.3) is 0 Å². The molecule has 0 spiro atoms. The normalized spacial score (nSPS) is 32.0. The molecule has 5 amide bonds. The molecule has 2 aliphatic rings. The van der Waals surface area contributed by atoms with Crippen molar-refractivity contribution in [1.29, 1.82) is 0 Å². The lowest BCUT2D eigenvalue weighted by atomic mass is 10.0. The number of nitrogens with one attached hydrogen (secondary N) is 4. The summed E-state index contributed by atoms with van der Waals surface area (Å²) in [5.74, 6) is -3.75. The number of halogens is 2. The van der Waals surface area contributed by atoms with Crippen LogP contribution in [0, 0.1) is 0 Å². The van der Waals surface area contributed by atoms with E-state index in [0.717, 1.165) is 4.90 Å². The van der Waals surface area contributed by atoms with Crippen LogP contribution < -0.4 is 21.3 Å². The lowest BCUT2D eigenvalue weighted by Gasteiger charge is -2.32. The van der Waals surface area contributed by atoms with Crippen LogP contribution in [0.2, 0.25) is 0 Å². The van der Waals surface area contributed by atoms with Crippen LogP contribution in [-0.4, -0.2) is 98.8 Å². The number of alkyl halides is 2. The average Bonchev–Trinajstić information content (AvgIpc) is 3.21. The van der Waals surface area contributed by atoms with Gasteiger partial charge in [0.05, 0.1) is 35.9 Å². The first-order valence-electron chi connectivity index (χ1n) is 12.6. The number of rotatable bonds is 4. The highest BCUT2D eigenvalue weighted by Crippen LogP contribution is 2.29. The van der Waals surface area contributed by atoms with Gasteiger partial charge in [0.15, 0.2) is 0 Å². The standard InChI is InChI=1S/C25H33Cl2N5O7/c1-3-15-22(36)30-17(11-33)23(37)29-16(13-7-5-4-6-8-13)9-18(35)31-20(12(2)34)25(39)32-10-14(26)19(27)21(32)24(38)28-15/h4-8,12,14-17,19-21,33-34H,3,9-11H2,1-2H3,(H,28,38)(H,29,37)(H,30,36)(H,31,35)/t12-,14+,15-,16+,17-,19+,20-,21-/m0/s1. The Morgan fingerprint density at radius 1 is 0.949 bits per heavy atom. The van der Waals surface area contributed by atoms with Crippen LogP contribution in [-0.2, 0) is 24.0 Å². The number of hydrogen-bond donors (Lipinski definition) is 6. The molecule has 3 rings (SSSR count). The summed E-state index contributed by atoms with van der Waals surface area (Å²) < 4.78 is 0. The fourth-order valence-electron chi connectivity index (χ4n) is 4.56. The van der Waals surface area contributed by atoms with E-state index in [1.54, 1.807) is 37.3 Å². The Kier molecular flexibility index (Phi) is 10.5. The first-order valence-corrected chi connectivity index (χ1v) is 13.5. The highest BCUT2D eigenvalue weighted by atomic mass is 35.5. The zero-order chi connectivity index (χ0) is 28.9. The van der Waals surface area contributed by atoms with Crippen molar-refractivity contribution in [3.63, 3.8) is 0 Å². The topological polar surface area (TPSA) is 177 Å². The summed E-state index contributed by atoms with van der Waals surface area (Å²) in [4.78, 5) is 67.0. The van der Waals surface area contributed by atoms with E-state index >= 15 is 0 Å². The fraction of sp³-hybridized carbons (Fsp3) is 0.560. The molecule has 1 aromatic rings. The summed E-state index contributed by atoms with van der Waals surface area (Å²) in [6, 6.07) is 2.37. The SMILES string of the molecule is CC[C@@H]1NC(=O)[C@@H]2[C@H](Cl)[C@H](Cl)CN2C(=O)[C@H]([C@H](C)O)NC(=O)C[C@H](c2ccccc2)NC(=O)[C@H](CO)NC1=O. The van der Waals surface area contributed by atoms with Gasteiger partial charge in [-0.2, -0.15) is 0 Å². The minimum Gasteiger partial charge on any atom is -0.394 e. The van der Waals surface area contributed by atoms with Crippen LogP contribution >= 0.6 is 23.2 Å². The van der Waals surface area contributed by atoms with Crippen LogP contribution in [0.3, 0.4) is 0 Å². The van der Waals surface area contributed by atoms with E-state index in [0.29, 0.717) is 5.56 Å². The number of benzene rings is 1. The van der Waals surface area contributed by atoms with Crippen molar-refractivity contribution in [2.75, 3.05) is 13.2 Å². The van der Waals surface area contributed by atoms with Crippen molar-refractivity contribution in [2.24, 2.45) is 0 Å². The van der Waals surface area contributed by atoms with Crippen LogP contribution in [0.5, 0.6) is 0 Å². The molecule has 12 nitrogen and oxygen atoms in total. The number of amides is 5. The molecular weight excluding hydrogens is 553 g/mol. The van der Waals surface area contributed by atoms with E-state index in [1.807, 2.05) is 0 Å². The molecule has 214 valence electrons. The van der Waals surface area contributed by atoms with Gasteiger partial charge in [-0.25, -0.2) is 0 Å². The summed E-state index contributed by atoms with van der Waals surface area (Å²) in [7, 11) is 0. The first kappa shape index (κ1) is 30.6. The van der Waals surface area contributed by atoms with Crippen LogP contribution in [0.4, 0.5) is 0 Å². The molecule has 0 unspecified atom stereocenters. The molecule has 0 bridgehead atoms. The fourth-order valence-corrected chi connectivity index (χ4v) is 5.17. The number of carbonyl (C=O) groups is 5. The number of aliphatic hydroxyl groups excluding tert-OH is 2. The van der Waals surface area contributed by atoms with Crippen molar-refractivity contribution in [3.05, 3.63) is 35.9 Å². The van der Waals surface area contributed by atoms with Gasteiger partial charge >= 0.3 is 0 Å². The van der Waals surface area contributed by atoms with Gasteiger partial charge in [0.25, 0.3) is 0 Å². The number of aliphatic hydroxyl groups is 2. The van der Waals surface area contributed by atoms with E-state index in [9.17, 15) is 34.2 Å². The van der Waals surface area contributed by atoms with Crippen LogP contribution in [0.1, 0.15) is 38.3 Å². The third-order valence-electron chi connectivity index (χ3n) is 6.74. The number of carbonyl (C=O) groups excluding carboxylic acids is 5. The van der Waals surface area contributed by atoms with E-state index < -0.39 is 83.2 Å². The molecule has 8 atom stereocenters. The van der Waals surface area contributed by atoms with Gasteiger partial charge in [0.1, 0.15) is 24.2 Å². The summed E-state index contributed by atoms with van der Waals surface area (Å²) >= 11 is 12.7. The van der Waals surface area contributed by atoms with E-state index in [1.165, 1.54) is 6.92 Å². The maximum absolute atomic E-state index is 13.5. The lowest BCUT2D eigenvalue weighted by Crippen LogP contribution is -2.61. The van der Waals surface area contributed by atoms with Crippen molar-refractivity contribution in [2.45, 2.75) is 73.8 Å². The zero-order valence-corrected chi connectivity index (χ0v) is 23.0. The maximum Gasteiger partial charge on any atom is 0.248 e.